The molecule has 1 saturated carbocycles. The Labute approximate surface area is 229 Å². The van der Waals surface area contributed by atoms with Gasteiger partial charge in [0.2, 0.25) is 11.7 Å². The Kier molecular flexibility index (Phi) is 8.98. The second-order valence-corrected chi connectivity index (χ2v) is 12.1. The summed E-state index contributed by atoms with van der Waals surface area (Å²) in [7, 11) is -4.07. The highest BCUT2D eigenvalue weighted by Crippen LogP contribution is 2.31. The zero-order valence-electron chi connectivity index (χ0n) is 21.8. The Balaban J connectivity index is 1.47. The SMILES string of the molecule is C[C@@H]1CCC(NC(=O)[C@H](CC2CCCC2)NC(=O)c2ccc(C(F)(F)F)o2)C(=O)CN1S(=O)(=O)c1ccccn1. The van der Waals surface area contributed by atoms with Crippen molar-refractivity contribution in [1.29, 1.82) is 0 Å². The number of ketones is 1. The van der Waals surface area contributed by atoms with Gasteiger partial charge in [0.1, 0.15) is 6.04 Å². The molecule has 14 heteroatoms. The molecule has 0 radical (unpaired) electrons. The van der Waals surface area contributed by atoms with Crippen molar-refractivity contribution in [3.05, 3.63) is 48.0 Å². The zero-order valence-corrected chi connectivity index (χ0v) is 22.6. The fourth-order valence-corrected chi connectivity index (χ4v) is 6.71. The normalized spacial score (nSPS) is 22.1. The van der Waals surface area contributed by atoms with Crippen LogP contribution < -0.4 is 10.6 Å². The summed E-state index contributed by atoms with van der Waals surface area (Å²) in [4.78, 5) is 43.1. The molecule has 40 heavy (non-hydrogen) atoms. The van der Waals surface area contributed by atoms with Gasteiger partial charge in [-0.05, 0) is 56.4 Å². The monoisotopic (exact) mass is 584 g/mol. The zero-order chi connectivity index (χ0) is 29.1. The van der Waals surface area contributed by atoms with E-state index in [1.807, 2.05) is 0 Å². The summed E-state index contributed by atoms with van der Waals surface area (Å²) in [6.07, 6.45) is 0.824. The summed E-state index contributed by atoms with van der Waals surface area (Å²) in [5, 5.41) is 4.93. The lowest BCUT2D eigenvalue weighted by Gasteiger charge is -2.25. The lowest BCUT2D eigenvalue weighted by atomic mass is 9.97. The lowest BCUT2D eigenvalue weighted by molar-refractivity contribution is -0.153. The number of hydrogen-bond acceptors (Lipinski definition) is 7. The average Bonchev–Trinajstić information content (AvgIpc) is 3.59. The van der Waals surface area contributed by atoms with Crippen molar-refractivity contribution in [3.8, 4) is 0 Å². The molecule has 2 aliphatic rings. The number of carbonyl (C=O) groups excluding carboxylic acids is 3. The third kappa shape index (κ3) is 6.89. The van der Waals surface area contributed by atoms with Gasteiger partial charge in [-0.25, -0.2) is 13.4 Å². The van der Waals surface area contributed by atoms with Crippen LogP contribution in [0.1, 0.15) is 68.2 Å². The quantitative estimate of drug-likeness (QED) is 0.486. The maximum absolute atomic E-state index is 13.3. The maximum Gasteiger partial charge on any atom is 0.449 e. The highest BCUT2D eigenvalue weighted by molar-refractivity contribution is 7.89. The van der Waals surface area contributed by atoms with Crippen LogP contribution in [0, 0.1) is 5.92 Å². The van der Waals surface area contributed by atoms with Gasteiger partial charge < -0.3 is 15.1 Å². The maximum atomic E-state index is 13.3. The van der Waals surface area contributed by atoms with E-state index in [-0.39, 0.29) is 30.2 Å². The molecule has 0 bridgehead atoms. The fraction of sp³-hybridized carbons (Fsp3) is 0.538. The molecule has 2 fully saturated rings. The number of hydrogen-bond donors (Lipinski definition) is 2. The van der Waals surface area contributed by atoms with Crippen LogP contribution >= 0.6 is 0 Å². The predicted molar refractivity (Wildman–Crippen MR) is 135 cm³/mol. The smallest absolute Gasteiger partial charge is 0.446 e. The molecule has 1 saturated heterocycles. The van der Waals surface area contributed by atoms with Gasteiger partial charge in [-0.15, -0.1) is 0 Å². The third-order valence-electron chi connectivity index (χ3n) is 7.37. The number of Topliss-reactive ketones (excluding diaryl/α,β-unsaturated/α-hetero) is 1. The summed E-state index contributed by atoms with van der Waals surface area (Å²) in [5.74, 6) is -3.99. The number of carbonyl (C=O) groups is 3. The topological polar surface area (TPSA) is 139 Å². The Hall–Kier alpha value is -3.26. The van der Waals surface area contributed by atoms with Gasteiger partial charge in [0.05, 0.1) is 12.6 Å². The van der Waals surface area contributed by atoms with Crippen LogP contribution in [0.3, 0.4) is 0 Å². The molecule has 4 rings (SSSR count). The molecular weight excluding hydrogens is 553 g/mol. The lowest BCUT2D eigenvalue weighted by Crippen LogP contribution is -2.52. The number of pyridine rings is 1. The average molecular weight is 585 g/mol. The van der Waals surface area contributed by atoms with Crippen molar-refractivity contribution in [2.24, 2.45) is 5.92 Å². The van der Waals surface area contributed by atoms with Crippen molar-refractivity contribution in [1.82, 2.24) is 19.9 Å². The van der Waals surface area contributed by atoms with Gasteiger partial charge in [-0.3, -0.25) is 14.4 Å². The van der Waals surface area contributed by atoms with Crippen molar-refractivity contribution < 1.29 is 40.4 Å². The first-order valence-corrected chi connectivity index (χ1v) is 14.5. The molecule has 1 aliphatic heterocycles. The van der Waals surface area contributed by atoms with Gasteiger partial charge in [0.15, 0.2) is 16.6 Å². The van der Waals surface area contributed by atoms with E-state index in [0.717, 1.165) is 36.1 Å². The molecule has 3 heterocycles. The standard InChI is InChI=1S/C26H31F3N4O6S/c1-16-9-10-18(20(34)15-33(16)40(37,38)23-8-4-5-13-30-23)31-24(35)19(14-17-6-2-3-7-17)32-25(36)21-11-12-22(39-21)26(27,28)29/h4-5,8,11-13,16-19H,2-3,6-7,9-10,14-15H2,1H3,(H,31,35)(H,32,36)/t16-,18?,19+/m1/s1. The minimum atomic E-state index is -4.77. The number of halogens is 3. The van der Waals surface area contributed by atoms with E-state index in [0.29, 0.717) is 6.07 Å². The number of sulfonamides is 1. The van der Waals surface area contributed by atoms with Gasteiger partial charge in [-0.1, -0.05) is 31.7 Å². The van der Waals surface area contributed by atoms with Crippen LogP contribution in [0.15, 0.2) is 46.0 Å². The number of alkyl halides is 3. The molecule has 10 nitrogen and oxygen atoms in total. The molecule has 2 amide bonds. The molecule has 1 unspecified atom stereocenters. The number of furan rings is 1. The first-order chi connectivity index (χ1) is 18.9. The highest BCUT2D eigenvalue weighted by atomic mass is 32.2. The molecule has 2 aromatic heterocycles. The number of aromatic nitrogens is 1. The van der Waals surface area contributed by atoms with Gasteiger partial charge in [0.25, 0.3) is 15.9 Å². The van der Waals surface area contributed by atoms with E-state index in [1.54, 1.807) is 13.0 Å². The summed E-state index contributed by atoms with van der Waals surface area (Å²) >= 11 is 0. The Bertz CT molecular complexity index is 1330. The summed E-state index contributed by atoms with van der Waals surface area (Å²) in [6.45, 7) is 1.19. The molecule has 2 N–H and O–H groups in total. The minimum absolute atomic E-state index is 0.113. The van der Waals surface area contributed by atoms with Crippen molar-refractivity contribution in [2.45, 2.75) is 81.2 Å². The molecular formula is C26H31F3N4O6S. The molecule has 218 valence electrons. The summed E-state index contributed by atoms with van der Waals surface area (Å²) < 4.78 is 70.7. The molecule has 2 aromatic rings. The Morgan fingerprint density at radius 3 is 2.48 bits per heavy atom. The van der Waals surface area contributed by atoms with Crippen LogP contribution in [0.5, 0.6) is 0 Å². The van der Waals surface area contributed by atoms with Crippen LogP contribution in [0.4, 0.5) is 13.2 Å². The first kappa shape index (κ1) is 29.7. The van der Waals surface area contributed by atoms with Crippen LogP contribution in [0.2, 0.25) is 0 Å². The molecule has 1 aliphatic carbocycles. The van der Waals surface area contributed by atoms with Crippen LogP contribution in [0.25, 0.3) is 0 Å². The van der Waals surface area contributed by atoms with E-state index in [9.17, 15) is 36.0 Å². The Morgan fingerprint density at radius 1 is 1.12 bits per heavy atom. The van der Waals surface area contributed by atoms with Crippen molar-refractivity contribution in [2.75, 3.05) is 6.54 Å². The highest BCUT2D eigenvalue weighted by Gasteiger charge is 2.39. The van der Waals surface area contributed by atoms with E-state index >= 15 is 0 Å². The van der Waals surface area contributed by atoms with E-state index in [1.165, 1.54) is 18.3 Å². The Morgan fingerprint density at radius 2 is 1.85 bits per heavy atom. The molecule has 3 atom stereocenters. The van der Waals surface area contributed by atoms with Crippen LogP contribution in [-0.4, -0.2) is 60.0 Å². The summed E-state index contributed by atoms with van der Waals surface area (Å²) in [5.41, 5.74) is 0. The predicted octanol–water partition coefficient (Wildman–Crippen LogP) is 3.30. The fourth-order valence-electron chi connectivity index (χ4n) is 5.15. The van der Waals surface area contributed by atoms with Crippen LogP contribution in [-0.2, 0) is 25.8 Å². The number of amides is 2. The number of rotatable bonds is 8. The molecule has 0 spiro atoms. The second kappa shape index (κ2) is 12.1. The largest absolute Gasteiger partial charge is 0.449 e. The van der Waals surface area contributed by atoms with E-state index in [2.05, 4.69) is 20.0 Å². The van der Waals surface area contributed by atoms with E-state index in [4.69, 9.17) is 0 Å². The third-order valence-corrected chi connectivity index (χ3v) is 9.24. The van der Waals surface area contributed by atoms with Gasteiger partial charge in [0, 0.05) is 12.2 Å². The summed E-state index contributed by atoms with van der Waals surface area (Å²) in [6, 6.07) is 3.27. The van der Waals surface area contributed by atoms with Gasteiger partial charge in [-0.2, -0.15) is 17.5 Å². The second-order valence-electron chi connectivity index (χ2n) is 10.2. The van der Waals surface area contributed by atoms with Gasteiger partial charge >= 0.3 is 6.18 Å². The first-order valence-electron chi connectivity index (χ1n) is 13.1. The number of nitrogens with zero attached hydrogens (tertiary/aromatic N) is 2. The van der Waals surface area contributed by atoms with Crippen molar-refractivity contribution >= 4 is 27.6 Å². The minimum Gasteiger partial charge on any atom is -0.446 e. The molecule has 0 aromatic carbocycles. The van der Waals surface area contributed by atoms with Crippen molar-refractivity contribution in [3.63, 3.8) is 0 Å². The van der Waals surface area contributed by atoms with E-state index < -0.39 is 70.0 Å². The number of nitrogens with one attached hydrogen (secondary N) is 2.